The summed E-state index contributed by atoms with van der Waals surface area (Å²) in [6.45, 7) is 13.3. The van der Waals surface area contributed by atoms with Crippen LogP contribution in [-0.4, -0.2) is 22.9 Å². The van der Waals surface area contributed by atoms with Crippen molar-refractivity contribution in [2.45, 2.75) is 53.5 Å². The number of aryl methyl sites for hydroxylation is 1. The van der Waals surface area contributed by atoms with Crippen LogP contribution in [0.4, 0.5) is 0 Å². The molecule has 3 heteroatoms. The van der Waals surface area contributed by atoms with Gasteiger partial charge < -0.3 is 5.32 Å². The Labute approximate surface area is 111 Å². The maximum atomic E-state index is 4.71. The van der Waals surface area contributed by atoms with E-state index in [9.17, 15) is 0 Å². The molecule has 1 N–H and O–H groups in total. The maximum Gasteiger partial charge on any atom is 0.0625 e. The van der Waals surface area contributed by atoms with Crippen LogP contribution in [0.3, 0.4) is 0 Å². The van der Waals surface area contributed by atoms with Crippen molar-refractivity contribution in [1.82, 2.24) is 15.1 Å². The second-order valence-electron chi connectivity index (χ2n) is 6.20. The van der Waals surface area contributed by atoms with Gasteiger partial charge in [0.05, 0.1) is 11.7 Å². The summed E-state index contributed by atoms with van der Waals surface area (Å²) in [6.07, 6.45) is 2.63. The van der Waals surface area contributed by atoms with E-state index in [1.54, 1.807) is 0 Å². The quantitative estimate of drug-likeness (QED) is 0.869. The Morgan fingerprint density at radius 3 is 2.44 bits per heavy atom. The first-order chi connectivity index (χ1) is 8.50. The van der Waals surface area contributed by atoms with Crippen molar-refractivity contribution in [3.63, 3.8) is 0 Å². The fourth-order valence-electron chi connectivity index (χ4n) is 2.74. The van der Waals surface area contributed by atoms with E-state index in [4.69, 9.17) is 5.10 Å². The van der Waals surface area contributed by atoms with E-state index in [2.05, 4.69) is 44.6 Å². The van der Waals surface area contributed by atoms with Gasteiger partial charge in [0.25, 0.3) is 0 Å². The van der Waals surface area contributed by atoms with Crippen LogP contribution in [0, 0.1) is 32.6 Å². The van der Waals surface area contributed by atoms with Crippen LogP contribution in [-0.2, 0) is 0 Å². The zero-order valence-corrected chi connectivity index (χ0v) is 12.5. The SMILES string of the molecule is Cc1nn(C2CCC2CNCC(C)C)c(C)c1C. The van der Waals surface area contributed by atoms with Gasteiger partial charge in [-0.05, 0) is 57.6 Å². The van der Waals surface area contributed by atoms with Crippen molar-refractivity contribution in [3.8, 4) is 0 Å². The van der Waals surface area contributed by atoms with Crippen LogP contribution in [0.1, 0.15) is 49.7 Å². The minimum absolute atomic E-state index is 0.622. The third-order valence-corrected chi connectivity index (χ3v) is 4.34. The van der Waals surface area contributed by atoms with Crippen molar-refractivity contribution in [2.75, 3.05) is 13.1 Å². The first-order valence-corrected chi connectivity index (χ1v) is 7.23. The number of nitrogens with zero attached hydrogens (tertiary/aromatic N) is 2. The predicted molar refractivity (Wildman–Crippen MR) is 75.9 cm³/mol. The van der Waals surface area contributed by atoms with Crippen molar-refractivity contribution in [3.05, 3.63) is 17.0 Å². The van der Waals surface area contributed by atoms with Gasteiger partial charge in [-0.1, -0.05) is 13.8 Å². The lowest BCUT2D eigenvalue weighted by molar-refractivity contribution is 0.159. The molecular weight excluding hydrogens is 222 g/mol. The van der Waals surface area contributed by atoms with Gasteiger partial charge in [-0.2, -0.15) is 5.10 Å². The van der Waals surface area contributed by atoms with Gasteiger partial charge in [0, 0.05) is 12.2 Å². The summed E-state index contributed by atoms with van der Waals surface area (Å²) in [5.41, 5.74) is 3.90. The fourth-order valence-corrected chi connectivity index (χ4v) is 2.74. The lowest BCUT2D eigenvalue weighted by Gasteiger charge is -2.38. The summed E-state index contributed by atoms with van der Waals surface area (Å²) < 4.78 is 2.27. The van der Waals surface area contributed by atoms with Crippen LogP contribution in [0.5, 0.6) is 0 Å². The lowest BCUT2D eigenvalue weighted by atomic mass is 9.79. The molecule has 1 saturated carbocycles. The molecule has 0 bridgehead atoms. The molecule has 0 radical (unpaired) electrons. The van der Waals surface area contributed by atoms with Crippen molar-refractivity contribution < 1.29 is 0 Å². The van der Waals surface area contributed by atoms with E-state index < -0.39 is 0 Å². The van der Waals surface area contributed by atoms with Gasteiger partial charge in [-0.3, -0.25) is 4.68 Å². The largest absolute Gasteiger partial charge is 0.316 e. The monoisotopic (exact) mass is 249 g/mol. The second-order valence-corrected chi connectivity index (χ2v) is 6.20. The topological polar surface area (TPSA) is 29.9 Å². The molecule has 2 unspecified atom stereocenters. The fraction of sp³-hybridized carbons (Fsp3) is 0.800. The third-order valence-electron chi connectivity index (χ3n) is 4.34. The Kier molecular flexibility index (Phi) is 4.10. The van der Waals surface area contributed by atoms with Gasteiger partial charge in [0.15, 0.2) is 0 Å². The third kappa shape index (κ3) is 2.61. The molecule has 2 atom stereocenters. The smallest absolute Gasteiger partial charge is 0.0625 e. The average Bonchev–Trinajstić information content (AvgIpc) is 2.51. The molecule has 0 spiro atoms. The second kappa shape index (κ2) is 5.43. The van der Waals surface area contributed by atoms with Crippen LogP contribution >= 0.6 is 0 Å². The van der Waals surface area contributed by atoms with Gasteiger partial charge >= 0.3 is 0 Å². The molecule has 102 valence electrons. The maximum absolute atomic E-state index is 4.71. The highest BCUT2D eigenvalue weighted by molar-refractivity contribution is 5.23. The summed E-state index contributed by atoms with van der Waals surface area (Å²) >= 11 is 0. The minimum Gasteiger partial charge on any atom is -0.316 e. The Morgan fingerprint density at radius 1 is 1.28 bits per heavy atom. The molecular formula is C15H27N3. The molecule has 0 amide bonds. The standard InChI is InChI=1S/C15H27N3/c1-10(2)8-16-9-14-6-7-15(14)18-13(5)11(3)12(4)17-18/h10,14-16H,6-9H2,1-5H3. The van der Waals surface area contributed by atoms with E-state index in [-0.39, 0.29) is 0 Å². The first-order valence-electron chi connectivity index (χ1n) is 7.23. The van der Waals surface area contributed by atoms with Crippen molar-refractivity contribution >= 4 is 0 Å². The molecule has 1 aromatic rings. The number of aromatic nitrogens is 2. The summed E-state index contributed by atoms with van der Waals surface area (Å²) in [6, 6.07) is 0.622. The summed E-state index contributed by atoms with van der Waals surface area (Å²) in [5, 5.41) is 8.30. The Balaban J connectivity index is 1.95. The van der Waals surface area contributed by atoms with Crippen molar-refractivity contribution in [2.24, 2.45) is 11.8 Å². The lowest BCUT2D eigenvalue weighted by Crippen LogP contribution is -2.38. The minimum atomic E-state index is 0.622. The molecule has 0 aromatic carbocycles. The molecule has 1 heterocycles. The molecule has 1 aliphatic rings. The first kappa shape index (κ1) is 13.6. The van der Waals surface area contributed by atoms with Crippen LogP contribution in [0.25, 0.3) is 0 Å². The predicted octanol–water partition coefficient (Wildman–Crippen LogP) is 3.01. The van der Waals surface area contributed by atoms with E-state index in [0.717, 1.165) is 24.9 Å². The van der Waals surface area contributed by atoms with E-state index in [1.807, 2.05) is 0 Å². The van der Waals surface area contributed by atoms with Gasteiger partial charge in [0.2, 0.25) is 0 Å². The number of hydrogen-bond donors (Lipinski definition) is 1. The van der Waals surface area contributed by atoms with Crippen LogP contribution < -0.4 is 5.32 Å². The van der Waals surface area contributed by atoms with Crippen molar-refractivity contribution in [1.29, 1.82) is 0 Å². The van der Waals surface area contributed by atoms with Crippen LogP contribution in [0.2, 0.25) is 0 Å². The van der Waals surface area contributed by atoms with E-state index in [0.29, 0.717) is 6.04 Å². The zero-order chi connectivity index (χ0) is 13.3. The Bertz CT molecular complexity index is 406. The number of rotatable bonds is 5. The highest BCUT2D eigenvalue weighted by Crippen LogP contribution is 2.39. The molecule has 0 saturated heterocycles. The van der Waals surface area contributed by atoms with E-state index >= 15 is 0 Å². The highest BCUT2D eigenvalue weighted by atomic mass is 15.3. The van der Waals surface area contributed by atoms with Gasteiger partial charge in [-0.25, -0.2) is 0 Å². The molecule has 1 fully saturated rings. The molecule has 3 nitrogen and oxygen atoms in total. The summed E-state index contributed by atoms with van der Waals surface area (Å²) in [5.74, 6) is 1.50. The summed E-state index contributed by atoms with van der Waals surface area (Å²) in [7, 11) is 0. The normalized spacial score (nSPS) is 23.4. The zero-order valence-electron chi connectivity index (χ0n) is 12.5. The Morgan fingerprint density at radius 2 is 2.00 bits per heavy atom. The Hall–Kier alpha value is -0.830. The molecule has 2 rings (SSSR count). The highest BCUT2D eigenvalue weighted by Gasteiger charge is 2.33. The summed E-state index contributed by atoms with van der Waals surface area (Å²) in [4.78, 5) is 0. The molecule has 1 aliphatic carbocycles. The van der Waals surface area contributed by atoms with Crippen LogP contribution in [0.15, 0.2) is 0 Å². The molecule has 1 aromatic heterocycles. The number of nitrogens with one attached hydrogen (secondary N) is 1. The van der Waals surface area contributed by atoms with E-state index in [1.165, 1.54) is 29.8 Å². The number of hydrogen-bond acceptors (Lipinski definition) is 2. The average molecular weight is 249 g/mol. The molecule has 0 aliphatic heterocycles. The molecule has 18 heavy (non-hydrogen) atoms. The van der Waals surface area contributed by atoms with Gasteiger partial charge in [-0.15, -0.1) is 0 Å². The van der Waals surface area contributed by atoms with Gasteiger partial charge in [0.1, 0.15) is 0 Å².